The first-order valence-electron chi connectivity index (χ1n) is 5.20. The Bertz CT molecular complexity index is 547. The molecule has 0 aliphatic heterocycles. The van der Waals surface area contributed by atoms with E-state index in [-0.39, 0.29) is 0 Å². The summed E-state index contributed by atoms with van der Waals surface area (Å²) in [5.41, 5.74) is 8.73. The molecule has 1 aromatic heterocycles. The van der Waals surface area contributed by atoms with Crippen molar-refractivity contribution in [2.75, 3.05) is 10.4 Å². The van der Waals surface area contributed by atoms with E-state index in [9.17, 15) is 4.79 Å². The molecule has 0 bridgehead atoms. The van der Waals surface area contributed by atoms with Crippen LogP contribution < -0.4 is 16.2 Å². The van der Waals surface area contributed by atoms with Gasteiger partial charge in [-0.2, -0.15) is 0 Å². The molecule has 18 heavy (non-hydrogen) atoms. The number of rotatable bonds is 3. The molecule has 0 saturated heterocycles. The molecule has 1 heterocycles. The van der Waals surface area contributed by atoms with Crippen LogP contribution in [0.25, 0.3) is 0 Å². The van der Waals surface area contributed by atoms with Crippen molar-refractivity contribution in [3.63, 3.8) is 0 Å². The van der Waals surface area contributed by atoms with Gasteiger partial charge in [0.2, 0.25) is 0 Å². The van der Waals surface area contributed by atoms with Crippen LogP contribution in [0.4, 0.5) is 16.3 Å². The number of pyridine rings is 1. The number of hydrazine groups is 1. The van der Waals surface area contributed by atoms with Crippen molar-refractivity contribution in [1.29, 1.82) is 0 Å². The topological polar surface area (TPSA) is 71.2 Å². The number of hydrogen-bond donors (Lipinski definition) is 2. The number of amides is 2. The minimum Gasteiger partial charge on any atom is -0.350 e. The minimum atomic E-state index is -0.636. The lowest BCUT2D eigenvalue weighted by Gasteiger charge is -2.21. The van der Waals surface area contributed by atoms with Crippen molar-refractivity contribution in [1.82, 2.24) is 4.98 Å². The monoisotopic (exact) mass is 262 g/mol. The molecule has 0 fully saturated rings. The van der Waals surface area contributed by atoms with Gasteiger partial charge in [0.15, 0.2) is 0 Å². The van der Waals surface area contributed by atoms with E-state index in [0.29, 0.717) is 16.7 Å². The highest BCUT2D eigenvalue weighted by molar-refractivity contribution is 6.29. The summed E-state index contributed by atoms with van der Waals surface area (Å²) in [6, 6.07) is 13.4. The lowest BCUT2D eigenvalue weighted by Crippen LogP contribution is -2.40. The third kappa shape index (κ3) is 2.89. The van der Waals surface area contributed by atoms with E-state index in [1.54, 1.807) is 42.5 Å². The molecule has 6 heteroatoms. The highest BCUT2D eigenvalue weighted by atomic mass is 35.5. The number of anilines is 2. The molecule has 3 N–H and O–H groups in total. The summed E-state index contributed by atoms with van der Waals surface area (Å²) in [4.78, 5) is 15.4. The third-order valence-corrected chi connectivity index (χ3v) is 2.39. The molecule has 2 amide bonds. The van der Waals surface area contributed by atoms with Crippen molar-refractivity contribution in [2.45, 2.75) is 0 Å². The summed E-state index contributed by atoms with van der Waals surface area (Å²) in [6.07, 6.45) is 0. The van der Waals surface area contributed by atoms with Crippen molar-refractivity contribution in [3.05, 3.63) is 53.7 Å². The second-order valence-electron chi connectivity index (χ2n) is 3.47. The number of primary amides is 1. The summed E-state index contributed by atoms with van der Waals surface area (Å²) >= 11 is 5.77. The van der Waals surface area contributed by atoms with Crippen molar-refractivity contribution in [3.8, 4) is 0 Å². The molecule has 0 aliphatic carbocycles. The zero-order chi connectivity index (χ0) is 13.0. The van der Waals surface area contributed by atoms with Gasteiger partial charge >= 0.3 is 6.03 Å². The molecule has 0 radical (unpaired) electrons. The molecule has 0 atom stereocenters. The SMILES string of the molecule is NC(=O)N(Nc1cccc(Cl)n1)c1ccccc1. The lowest BCUT2D eigenvalue weighted by atomic mass is 10.3. The van der Waals surface area contributed by atoms with Gasteiger partial charge in [-0.05, 0) is 24.3 Å². The first-order chi connectivity index (χ1) is 8.66. The van der Waals surface area contributed by atoms with Crippen molar-refractivity contribution >= 4 is 29.1 Å². The van der Waals surface area contributed by atoms with E-state index in [0.717, 1.165) is 0 Å². The first kappa shape index (κ1) is 12.2. The standard InChI is InChI=1S/C12H11ClN4O/c13-10-7-4-8-11(15-10)16-17(12(14)18)9-5-2-1-3-6-9/h1-8H,(H2,14,18)(H,15,16). The Hall–Kier alpha value is -2.27. The summed E-state index contributed by atoms with van der Waals surface area (Å²) < 4.78 is 0. The van der Waals surface area contributed by atoms with E-state index >= 15 is 0 Å². The molecule has 0 unspecified atom stereocenters. The van der Waals surface area contributed by atoms with Gasteiger partial charge in [-0.15, -0.1) is 0 Å². The summed E-state index contributed by atoms with van der Waals surface area (Å²) in [6.45, 7) is 0. The maximum Gasteiger partial charge on any atom is 0.338 e. The van der Waals surface area contributed by atoms with Gasteiger partial charge in [-0.1, -0.05) is 35.9 Å². The Balaban J connectivity index is 2.25. The van der Waals surface area contributed by atoms with Crippen molar-refractivity contribution < 1.29 is 4.79 Å². The molecule has 0 aliphatic rings. The maximum absolute atomic E-state index is 11.4. The molecule has 0 saturated carbocycles. The highest BCUT2D eigenvalue weighted by Gasteiger charge is 2.12. The number of nitrogens with one attached hydrogen (secondary N) is 1. The fraction of sp³-hybridized carbons (Fsp3) is 0. The second-order valence-corrected chi connectivity index (χ2v) is 3.85. The number of carbonyl (C=O) groups is 1. The molecule has 2 aromatic rings. The molecular weight excluding hydrogens is 252 g/mol. The number of urea groups is 1. The Kier molecular flexibility index (Phi) is 3.64. The predicted molar refractivity (Wildman–Crippen MR) is 71.4 cm³/mol. The van der Waals surface area contributed by atoms with Crippen LogP contribution in [0.3, 0.4) is 0 Å². The number of aromatic nitrogens is 1. The van der Waals surface area contributed by atoms with Gasteiger partial charge < -0.3 is 5.73 Å². The van der Waals surface area contributed by atoms with E-state index < -0.39 is 6.03 Å². The van der Waals surface area contributed by atoms with E-state index in [2.05, 4.69) is 10.4 Å². The number of para-hydroxylation sites is 1. The maximum atomic E-state index is 11.4. The van der Waals surface area contributed by atoms with Gasteiger partial charge in [0.1, 0.15) is 11.0 Å². The van der Waals surface area contributed by atoms with Crippen LogP contribution in [0.5, 0.6) is 0 Å². The minimum absolute atomic E-state index is 0.331. The number of nitrogens with zero attached hydrogens (tertiary/aromatic N) is 2. The molecule has 0 spiro atoms. The average Bonchev–Trinajstić information content (AvgIpc) is 2.37. The van der Waals surface area contributed by atoms with Crippen LogP contribution in [-0.4, -0.2) is 11.0 Å². The summed E-state index contributed by atoms with van der Waals surface area (Å²) in [5, 5.41) is 1.52. The molecule has 5 nitrogen and oxygen atoms in total. The van der Waals surface area contributed by atoms with Crippen LogP contribution in [0.15, 0.2) is 48.5 Å². The Morgan fingerprint density at radius 1 is 1.17 bits per heavy atom. The largest absolute Gasteiger partial charge is 0.350 e. The Labute approximate surface area is 109 Å². The molecular formula is C12H11ClN4O. The van der Waals surface area contributed by atoms with E-state index in [1.165, 1.54) is 5.01 Å². The quantitative estimate of drug-likeness (QED) is 0.660. The first-order valence-corrected chi connectivity index (χ1v) is 5.58. The normalized spacial score (nSPS) is 9.83. The zero-order valence-electron chi connectivity index (χ0n) is 9.38. The fourth-order valence-electron chi connectivity index (χ4n) is 1.41. The van der Waals surface area contributed by atoms with Gasteiger partial charge in [-0.25, -0.2) is 14.8 Å². The van der Waals surface area contributed by atoms with Crippen molar-refractivity contribution in [2.24, 2.45) is 5.73 Å². The smallest absolute Gasteiger partial charge is 0.338 e. The Morgan fingerprint density at radius 2 is 1.89 bits per heavy atom. The zero-order valence-corrected chi connectivity index (χ0v) is 10.1. The van der Waals surface area contributed by atoms with Gasteiger partial charge in [-0.3, -0.25) is 5.43 Å². The van der Waals surface area contributed by atoms with Crippen LogP contribution >= 0.6 is 11.6 Å². The molecule has 1 aromatic carbocycles. The number of halogens is 1. The highest BCUT2D eigenvalue weighted by Crippen LogP contribution is 2.16. The number of hydrogen-bond acceptors (Lipinski definition) is 3. The average molecular weight is 263 g/mol. The molecule has 92 valence electrons. The lowest BCUT2D eigenvalue weighted by molar-refractivity contribution is 0.255. The second kappa shape index (κ2) is 5.37. The summed E-state index contributed by atoms with van der Waals surface area (Å²) in [5.74, 6) is 0.435. The fourth-order valence-corrected chi connectivity index (χ4v) is 1.57. The van der Waals surface area contributed by atoms with Crippen LogP contribution in [0.1, 0.15) is 0 Å². The van der Waals surface area contributed by atoms with Crippen LogP contribution in [0.2, 0.25) is 5.15 Å². The van der Waals surface area contributed by atoms with Gasteiger partial charge in [0.05, 0.1) is 5.69 Å². The molecule has 2 rings (SSSR count). The van der Waals surface area contributed by atoms with Crippen LogP contribution in [0, 0.1) is 0 Å². The Morgan fingerprint density at radius 3 is 2.50 bits per heavy atom. The number of benzene rings is 1. The van der Waals surface area contributed by atoms with E-state index in [4.69, 9.17) is 17.3 Å². The van der Waals surface area contributed by atoms with Gasteiger partial charge in [0, 0.05) is 0 Å². The van der Waals surface area contributed by atoms with Crippen LogP contribution in [-0.2, 0) is 0 Å². The predicted octanol–water partition coefficient (Wildman–Crippen LogP) is 2.65. The van der Waals surface area contributed by atoms with Gasteiger partial charge in [0.25, 0.3) is 0 Å². The number of nitrogens with two attached hydrogens (primary N) is 1. The third-order valence-electron chi connectivity index (χ3n) is 2.18. The van der Waals surface area contributed by atoms with E-state index in [1.807, 2.05) is 6.07 Å². The summed E-state index contributed by atoms with van der Waals surface area (Å²) in [7, 11) is 0. The number of carbonyl (C=O) groups excluding carboxylic acids is 1.